The second-order valence-corrected chi connectivity index (χ2v) is 8.34. The van der Waals surface area contributed by atoms with E-state index in [1.54, 1.807) is 7.05 Å². The third kappa shape index (κ3) is 34.8. The first-order valence-electron chi connectivity index (χ1n) is 12.8. The summed E-state index contributed by atoms with van der Waals surface area (Å²) >= 11 is 3.93. The number of carbonyl (C=O) groups excluding carboxylic acids is 4. The molecule has 1 fully saturated rings. The van der Waals surface area contributed by atoms with Gasteiger partial charge < -0.3 is 36.2 Å². The van der Waals surface area contributed by atoms with Crippen LogP contribution in [0.2, 0.25) is 0 Å². The molecule has 1 atom stereocenters. The van der Waals surface area contributed by atoms with E-state index in [-0.39, 0.29) is 17.9 Å². The van der Waals surface area contributed by atoms with E-state index in [1.807, 2.05) is 25.8 Å². The Kier molecular flexibility index (Phi) is 43.1. The van der Waals surface area contributed by atoms with Crippen molar-refractivity contribution >= 4 is 37.5 Å². The summed E-state index contributed by atoms with van der Waals surface area (Å²) < 4.78 is 0. The molecule has 0 aromatic carbocycles. The van der Waals surface area contributed by atoms with Crippen LogP contribution in [0.3, 0.4) is 0 Å². The number of likely N-dealkylation sites (N-methyl/N-ethyl adjacent to an activating group) is 1. The minimum absolute atomic E-state index is 0.121. The lowest BCUT2D eigenvalue weighted by molar-refractivity contribution is -0.129. The Morgan fingerprint density at radius 3 is 1.91 bits per heavy atom. The number of nitrogens with two attached hydrogens (primary N) is 1. The summed E-state index contributed by atoms with van der Waals surface area (Å²) in [5.74, 6) is 0.616. The molecule has 35 heavy (non-hydrogen) atoms. The predicted molar refractivity (Wildman–Crippen MR) is 151 cm³/mol. The Morgan fingerprint density at radius 1 is 1.03 bits per heavy atom. The molecule has 2 amide bonds. The summed E-state index contributed by atoms with van der Waals surface area (Å²) in [6.45, 7) is 9.49. The average Bonchev–Trinajstić information content (AvgIpc) is 3.40. The molecule has 0 aromatic heterocycles. The van der Waals surface area contributed by atoms with E-state index in [0.717, 1.165) is 32.2 Å². The van der Waals surface area contributed by atoms with E-state index in [1.165, 1.54) is 38.5 Å². The van der Waals surface area contributed by atoms with Crippen molar-refractivity contribution in [2.75, 3.05) is 53.1 Å². The Hall–Kier alpha value is -1.49. The number of aldehydes is 1. The van der Waals surface area contributed by atoms with E-state index >= 15 is 0 Å². The lowest BCUT2D eigenvalue weighted by atomic mass is 10.1. The second kappa shape index (κ2) is 37.1. The monoisotopic (exact) mass is 521 g/mol. The van der Waals surface area contributed by atoms with Crippen molar-refractivity contribution < 1.29 is 19.2 Å². The highest BCUT2D eigenvalue weighted by atomic mass is 32.1. The zero-order chi connectivity index (χ0) is 27.7. The zero-order valence-corrected chi connectivity index (χ0v) is 24.0. The largest absolute Gasteiger partial charge is 0.347 e. The molecule has 210 valence electrons. The Balaban J connectivity index is -0.000000199. The predicted octanol–water partition coefficient (Wildman–Crippen LogP) is 2.18. The van der Waals surface area contributed by atoms with Gasteiger partial charge in [0.05, 0.1) is 12.6 Å². The van der Waals surface area contributed by atoms with Crippen LogP contribution < -0.4 is 21.7 Å². The van der Waals surface area contributed by atoms with Crippen molar-refractivity contribution in [3.63, 3.8) is 0 Å². The highest BCUT2D eigenvalue weighted by Gasteiger charge is 2.16. The zero-order valence-electron chi connectivity index (χ0n) is 23.1. The number of likely N-dealkylation sites (tertiary alicyclic amines) is 1. The van der Waals surface area contributed by atoms with Gasteiger partial charge in [-0.05, 0) is 65.5 Å². The number of unbranched alkanes of at least 4 members (excludes halogenated alkanes) is 4. The van der Waals surface area contributed by atoms with E-state index in [0.29, 0.717) is 31.7 Å². The first kappa shape index (κ1) is 40.7. The lowest BCUT2D eigenvalue weighted by Crippen LogP contribution is -2.36. The van der Waals surface area contributed by atoms with Crippen LogP contribution in [-0.4, -0.2) is 88.9 Å². The topological polar surface area (TPSA) is 134 Å². The molecule has 5 N–H and O–H groups in total. The molecular weight excluding hydrogens is 466 g/mol. The van der Waals surface area contributed by atoms with E-state index in [2.05, 4.69) is 42.4 Å². The lowest BCUT2D eigenvalue weighted by Gasteiger charge is -2.13. The van der Waals surface area contributed by atoms with Crippen LogP contribution in [0.25, 0.3) is 0 Å². The van der Waals surface area contributed by atoms with Crippen LogP contribution in [-0.2, 0) is 19.2 Å². The van der Waals surface area contributed by atoms with Crippen LogP contribution in [0.4, 0.5) is 0 Å². The van der Waals surface area contributed by atoms with Crippen molar-refractivity contribution in [3.05, 3.63) is 0 Å². The molecule has 10 heteroatoms. The SMILES string of the molecule is C=O.CCCCCC.CNC.CNCC(=O)N1CCCC1.NCCCCC(C=O)NC(=O)CCS. The van der Waals surface area contributed by atoms with Crippen LogP contribution >= 0.6 is 12.6 Å². The van der Waals surface area contributed by atoms with Crippen molar-refractivity contribution in [1.29, 1.82) is 0 Å². The molecule has 0 saturated carbocycles. The minimum Gasteiger partial charge on any atom is -0.347 e. The van der Waals surface area contributed by atoms with Gasteiger partial charge in [0.1, 0.15) is 13.1 Å². The van der Waals surface area contributed by atoms with Crippen molar-refractivity contribution in [2.24, 2.45) is 5.73 Å². The van der Waals surface area contributed by atoms with Gasteiger partial charge in [-0.2, -0.15) is 12.6 Å². The molecule has 0 aromatic rings. The fourth-order valence-electron chi connectivity index (χ4n) is 2.79. The Labute approximate surface area is 220 Å². The van der Waals surface area contributed by atoms with Crippen molar-refractivity contribution in [2.45, 2.75) is 84.1 Å². The van der Waals surface area contributed by atoms with Gasteiger partial charge in [-0.1, -0.05) is 39.5 Å². The molecule has 0 spiro atoms. The highest BCUT2D eigenvalue weighted by Crippen LogP contribution is 2.06. The molecule has 1 unspecified atom stereocenters. The highest BCUT2D eigenvalue weighted by molar-refractivity contribution is 7.80. The Bertz CT molecular complexity index is 450. The minimum atomic E-state index is -0.367. The maximum atomic E-state index is 11.1. The number of hydrogen-bond acceptors (Lipinski definition) is 8. The maximum absolute atomic E-state index is 11.1. The number of carbonyl (C=O) groups is 4. The standard InChI is InChI=1S/C9H18N2O2S.C7H14N2O.C6H14.C2H7N.CH2O/c10-5-2-1-3-8(7-12)11-9(13)4-6-14;1-8-6-7(10)9-4-2-3-5-9;1-3-5-6-4-2;1-3-2;1-2/h7-8,14H,1-6,10H2,(H,11,13);8H,2-6H2,1H3;3-6H2,1-2H3;3H,1-2H3;1H2. The molecule has 1 aliphatic heterocycles. The normalized spacial score (nSPS) is 12.1. The first-order chi connectivity index (χ1) is 16.9. The summed E-state index contributed by atoms with van der Waals surface area (Å²) in [5, 5.41) is 8.23. The fourth-order valence-corrected chi connectivity index (χ4v) is 3.00. The van der Waals surface area contributed by atoms with Gasteiger partial charge in [0.25, 0.3) is 0 Å². The van der Waals surface area contributed by atoms with Gasteiger partial charge in [-0.3, -0.25) is 9.59 Å². The molecule has 9 nitrogen and oxygen atoms in total. The first-order valence-corrected chi connectivity index (χ1v) is 13.4. The molecule has 0 radical (unpaired) electrons. The number of amides is 2. The van der Waals surface area contributed by atoms with Crippen LogP contribution in [0.5, 0.6) is 0 Å². The summed E-state index contributed by atoms with van der Waals surface area (Å²) in [5.41, 5.74) is 5.32. The number of thiol groups is 1. The molecule has 1 rings (SSSR count). The smallest absolute Gasteiger partial charge is 0.236 e. The molecule has 0 aliphatic carbocycles. The summed E-state index contributed by atoms with van der Waals surface area (Å²) in [7, 11) is 5.55. The molecule has 0 bridgehead atoms. The molecular formula is C25H55N5O4S. The average molecular weight is 522 g/mol. The summed E-state index contributed by atoms with van der Waals surface area (Å²) in [6.07, 6.45) is 11.4. The second-order valence-electron chi connectivity index (χ2n) is 7.89. The van der Waals surface area contributed by atoms with Crippen LogP contribution in [0, 0.1) is 0 Å². The van der Waals surface area contributed by atoms with E-state index < -0.39 is 0 Å². The summed E-state index contributed by atoms with van der Waals surface area (Å²) in [4.78, 5) is 42.7. The van der Waals surface area contributed by atoms with Crippen LogP contribution in [0.1, 0.15) is 78.1 Å². The van der Waals surface area contributed by atoms with Crippen molar-refractivity contribution in [1.82, 2.24) is 20.9 Å². The van der Waals surface area contributed by atoms with E-state index in [4.69, 9.17) is 10.5 Å². The molecule has 1 aliphatic rings. The van der Waals surface area contributed by atoms with Gasteiger partial charge >= 0.3 is 0 Å². The molecule has 1 saturated heterocycles. The fraction of sp³-hybridized carbons (Fsp3) is 0.840. The number of nitrogens with zero attached hydrogens (tertiary/aromatic N) is 1. The van der Waals surface area contributed by atoms with E-state index in [9.17, 15) is 14.4 Å². The van der Waals surface area contributed by atoms with Gasteiger partial charge in [0.15, 0.2) is 0 Å². The van der Waals surface area contributed by atoms with Gasteiger partial charge in [0, 0.05) is 19.5 Å². The van der Waals surface area contributed by atoms with Gasteiger partial charge in [-0.15, -0.1) is 0 Å². The number of hydrogen-bond donors (Lipinski definition) is 5. The number of rotatable bonds is 13. The number of nitrogens with one attached hydrogen (secondary N) is 3. The third-order valence-corrected chi connectivity index (χ3v) is 4.79. The van der Waals surface area contributed by atoms with Crippen molar-refractivity contribution in [3.8, 4) is 0 Å². The Morgan fingerprint density at radius 2 is 1.54 bits per heavy atom. The summed E-state index contributed by atoms with van der Waals surface area (Å²) in [6, 6.07) is -0.367. The van der Waals surface area contributed by atoms with Gasteiger partial charge in [-0.25, -0.2) is 0 Å². The van der Waals surface area contributed by atoms with Gasteiger partial charge in [0.2, 0.25) is 11.8 Å². The third-order valence-electron chi connectivity index (χ3n) is 4.56. The quantitative estimate of drug-likeness (QED) is 0.142. The maximum Gasteiger partial charge on any atom is 0.236 e. The van der Waals surface area contributed by atoms with Crippen LogP contribution in [0.15, 0.2) is 0 Å². The molecule has 1 heterocycles.